The zero-order valence-electron chi connectivity index (χ0n) is 14.6. The fraction of sp³-hybridized carbons (Fsp3) is 0.556. The van der Waals surface area contributed by atoms with Crippen molar-refractivity contribution in [1.82, 2.24) is 5.32 Å². The SMILES string of the molecule is CCOC1CC(NC(=O)CSc2ccc(C)cc2)(C(=O)O)C1(C)C. The van der Waals surface area contributed by atoms with Crippen molar-refractivity contribution in [2.45, 2.75) is 50.7 Å². The molecule has 0 aliphatic heterocycles. The Morgan fingerprint density at radius 1 is 1.33 bits per heavy atom. The summed E-state index contributed by atoms with van der Waals surface area (Å²) in [5.41, 5.74) is -0.761. The van der Waals surface area contributed by atoms with E-state index in [-0.39, 0.29) is 17.8 Å². The fourth-order valence-corrected chi connectivity index (χ4v) is 3.79. The third-order valence-corrected chi connectivity index (χ3v) is 5.89. The summed E-state index contributed by atoms with van der Waals surface area (Å²) >= 11 is 1.40. The van der Waals surface area contributed by atoms with Gasteiger partial charge in [-0.2, -0.15) is 0 Å². The molecule has 24 heavy (non-hydrogen) atoms. The Hall–Kier alpha value is -1.53. The molecular formula is C18H25NO4S. The van der Waals surface area contributed by atoms with Crippen LogP contribution in [0.15, 0.2) is 29.2 Å². The molecular weight excluding hydrogens is 326 g/mol. The summed E-state index contributed by atoms with van der Waals surface area (Å²) in [6, 6.07) is 7.89. The molecule has 2 atom stereocenters. The lowest BCUT2D eigenvalue weighted by molar-refractivity contribution is -0.194. The van der Waals surface area contributed by atoms with Gasteiger partial charge in [-0.05, 0) is 26.0 Å². The summed E-state index contributed by atoms with van der Waals surface area (Å²) in [6.07, 6.45) is 0.132. The highest BCUT2D eigenvalue weighted by atomic mass is 32.2. The Labute approximate surface area is 147 Å². The molecule has 0 radical (unpaired) electrons. The minimum absolute atomic E-state index is 0.163. The van der Waals surface area contributed by atoms with Crippen molar-refractivity contribution in [1.29, 1.82) is 0 Å². The average molecular weight is 351 g/mol. The van der Waals surface area contributed by atoms with Gasteiger partial charge in [0.1, 0.15) is 5.54 Å². The van der Waals surface area contributed by atoms with Crippen LogP contribution in [0, 0.1) is 12.3 Å². The van der Waals surface area contributed by atoms with E-state index in [0.29, 0.717) is 13.0 Å². The second kappa shape index (κ2) is 7.15. The van der Waals surface area contributed by atoms with Gasteiger partial charge in [0.25, 0.3) is 0 Å². The van der Waals surface area contributed by atoms with Crippen LogP contribution in [0.2, 0.25) is 0 Å². The second-order valence-electron chi connectivity index (χ2n) is 6.73. The Balaban J connectivity index is 2.00. The van der Waals surface area contributed by atoms with Crippen LogP contribution in [0.3, 0.4) is 0 Å². The monoisotopic (exact) mass is 351 g/mol. The largest absolute Gasteiger partial charge is 0.479 e. The van der Waals surface area contributed by atoms with Gasteiger partial charge in [0.2, 0.25) is 5.91 Å². The molecule has 0 spiro atoms. The van der Waals surface area contributed by atoms with E-state index < -0.39 is 16.9 Å². The molecule has 0 heterocycles. The summed E-state index contributed by atoms with van der Waals surface area (Å²) in [4.78, 5) is 25.1. The maximum atomic E-state index is 12.3. The number of carboxylic acid groups (broad SMARTS) is 1. The van der Waals surface area contributed by atoms with Crippen molar-refractivity contribution in [2.75, 3.05) is 12.4 Å². The van der Waals surface area contributed by atoms with Gasteiger partial charge in [0.15, 0.2) is 0 Å². The molecule has 5 nitrogen and oxygen atoms in total. The zero-order chi connectivity index (χ0) is 18.0. The number of amides is 1. The minimum atomic E-state index is -1.27. The molecule has 1 aliphatic carbocycles. The number of rotatable bonds is 7. The zero-order valence-corrected chi connectivity index (χ0v) is 15.4. The van der Waals surface area contributed by atoms with Crippen LogP contribution in [0.5, 0.6) is 0 Å². The van der Waals surface area contributed by atoms with Crippen molar-refractivity contribution in [3.8, 4) is 0 Å². The first-order chi connectivity index (χ1) is 11.2. The van der Waals surface area contributed by atoms with E-state index in [4.69, 9.17) is 4.74 Å². The number of benzene rings is 1. The number of hydrogen-bond donors (Lipinski definition) is 2. The molecule has 132 valence electrons. The second-order valence-corrected chi connectivity index (χ2v) is 7.78. The number of nitrogens with one attached hydrogen (secondary N) is 1. The van der Waals surface area contributed by atoms with Crippen LogP contribution >= 0.6 is 11.8 Å². The molecule has 0 aromatic heterocycles. The van der Waals surface area contributed by atoms with Gasteiger partial charge >= 0.3 is 5.97 Å². The number of aliphatic carboxylic acids is 1. The topological polar surface area (TPSA) is 75.6 Å². The molecule has 1 fully saturated rings. The predicted molar refractivity (Wildman–Crippen MR) is 94.2 cm³/mol. The first-order valence-corrected chi connectivity index (χ1v) is 9.07. The summed E-state index contributed by atoms with van der Waals surface area (Å²) in [5.74, 6) is -1.09. The van der Waals surface area contributed by atoms with E-state index in [2.05, 4.69) is 5.32 Å². The van der Waals surface area contributed by atoms with Crippen molar-refractivity contribution in [3.63, 3.8) is 0 Å². The van der Waals surface area contributed by atoms with Crippen LogP contribution in [-0.4, -0.2) is 41.0 Å². The van der Waals surface area contributed by atoms with Gasteiger partial charge in [-0.25, -0.2) is 4.79 Å². The van der Waals surface area contributed by atoms with E-state index >= 15 is 0 Å². The minimum Gasteiger partial charge on any atom is -0.479 e. The molecule has 1 saturated carbocycles. The summed E-state index contributed by atoms with van der Waals surface area (Å²) in [6.45, 7) is 8.08. The molecule has 1 aromatic rings. The van der Waals surface area contributed by atoms with Crippen LogP contribution in [0.4, 0.5) is 0 Å². The quantitative estimate of drug-likeness (QED) is 0.739. The van der Waals surface area contributed by atoms with E-state index in [1.165, 1.54) is 11.8 Å². The van der Waals surface area contributed by atoms with Crippen LogP contribution < -0.4 is 5.32 Å². The lowest BCUT2D eigenvalue weighted by atomic mass is 9.54. The molecule has 1 amide bonds. The maximum absolute atomic E-state index is 12.3. The summed E-state index contributed by atoms with van der Waals surface area (Å²) in [5, 5.41) is 12.4. The van der Waals surface area contributed by atoms with Gasteiger partial charge in [-0.15, -0.1) is 11.8 Å². The standard InChI is InChI=1S/C18H25NO4S/c1-5-23-14-10-18(16(21)22,17(14,3)4)19-15(20)11-24-13-8-6-12(2)7-9-13/h6-9,14H,5,10-11H2,1-4H3,(H,19,20)(H,21,22). The maximum Gasteiger partial charge on any atom is 0.330 e. The highest BCUT2D eigenvalue weighted by Crippen LogP contribution is 2.51. The Morgan fingerprint density at radius 3 is 2.46 bits per heavy atom. The number of carboxylic acids is 1. The number of ether oxygens (including phenoxy) is 1. The number of hydrogen-bond acceptors (Lipinski definition) is 4. The number of carbonyl (C=O) groups is 2. The van der Waals surface area contributed by atoms with Gasteiger partial charge in [-0.3, -0.25) is 4.79 Å². The van der Waals surface area contributed by atoms with Gasteiger partial charge in [-0.1, -0.05) is 31.5 Å². The van der Waals surface area contributed by atoms with Gasteiger partial charge < -0.3 is 15.2 Å². The number of carbonyl (C=O) groups excluding carboxylic acids is 1. The first kappa shape index (κ1) is 18.8. The van der Waals surface area contributed by atoms with E-state index in [1.807, 2.05) is 52.0 Å². The predicted octanol–water partition coefficient (Wildman–Crippen LogP) is 2.86. The molecule has 1 aromatic carbocycles. The van der Waals surface area contributed by atoms with Crippen molar-refractivity contribution in [2.24, 2.45) is 5.41 Å². The van der Waals surface area contributed by atoms with E-state index in [9.17, 15) is 14.7 Å². The molecule has 6 heteroatoms. The molecule has 2 N–H and O–H groups in total. The van der Waals surface area contributed by atoms with Crippen molar-refractivity contribution >= 4 is 23.6 Å². The number of aryl methyl sites for hydroxylation is 1. The highest BCUT2D eigenvalue weighted by Gasteiger charge is 2.66. The van der Waals surface area contributed by atoms with Crippen molar-refractivity contribution in [3.05, 3.63) is 29.8 Å². The third-order valence-electron chi connectivity index (χ3n) is 4.87. The summed E-state index contributed by atoms with van der Waals surface area (Å²) < 4.78 is 5.60. The van der Waals surface area contributed by atoms with E-state index in [1.54, 1.807) is 0 Å². The molecule has 1 aliphatic rings. The molecule has 2 unspecified atom stereocenters. The Bertz CT molecular complexity index is 614. The van der Waals surface area contributed by atoms with E-state index in [0.717, 1.165) is 10.5 Å². The number of thioether (sulfide) groups is 1. The Kier molecular flexibility index (Phi) is 5.60. The van der Waals surface area contributed by atoms with Crippen LogP contribution in [0.25, 0.3) is 0 Å². The highest BCUT2D eigenvalue weighted by molar-refractivity contribution is 8.00. The summed E-state index contributed by atoms with van der Waals surface area (Å²) in [7, 11) is 0. The first-order valence-electron chi connectivity index (χ1n) is 8.08. The lowest BCUT2D eigenvalue weighted by Gasteiger charge is -2.58. The third kappa shape index (κ3) is 3.44. The smallest absolute Gasteiger partial charge is 0.330 e. The van der Waals surface area contributed by atoms with Gasteiger partial charge in [0, 0.05) is 23.3 Å². The van der Waals surface area contributed by atoms with Crippen LogP contribution in [-0.2, 0) is 14.3 Å². The van der Waals surface area contributed by atoms with Gasteiger partial charge in [0.05, 0.1) is 11.9 Å². The van der Waals surface area contributed by atoms with Crippen LogP contribution in [0.1, 0.15) is 32.8 Å². The normalized spacial score (nSPS) is 24.9. The molecule has 2 rings (SSSR count). The fourth-order valence-electron chi connectivity index (χ4n) is 3.09. The average Bonchev–Trinajstić information content (AvgIpc) is 2.52. The molecule has 0 saturated heterocycles. The Morgan fingerprint density at radius 2 is 1.96 bits per heavy atom. The lowest BCUT2D eigenvalue weighted by Crippen LogP contribution is -2.76. The molecule has 0 bridgehead atoms. The van der Waals surface area contributed by atoms with Crippen molar-refractivity contribution < 1.29 is 19.4 Å².